The van der Waals surface area contributed by atoms with Crippen molar-refractivity contribution in [2.75, 3.05) is 0 Å². The van der Waals surface area contributed by atoms with E-state index in [0.29, 0.717) is 5.75 Å². The van der Waals surface area contributed by atoms with E-state index in [9.17, 15) is 4.79 Å². The van der Waals surface area contributed by atoms with Crippen LogP contribution in [0.1, 0.15) is 11.1 Å². The van der Waals surface area contributed by atoms with Crippen LogP contribution in [0.4, 0.5) is 0 Å². The Hall–Kier alpha value is -2.87. The maximum atomic E-state index is 10.6. The zero-order chi connectivity index (χ0) is 15.5. The van der Waals surface area contributed by atoms with Crippen molar-refractivity contribution >= 4 is 18.1 Å². The maximum absolute atomic E-state index is 10.6. The van der Waals surface area contributed by atoms with Crippen LogP contribution in [0.15, 0.2) is 80.4 Å². The third-order valence-corrected chi connectivity index (χ3v) is 2.56. The lowest BCUT2D eigenvalue weighted by atomic mass is 10.1. The van der Waals surface area contributed by atoms with Gasteiger partial charge in [-0.2, -0.15) is 0 Å². The molecule has 0 radical (unpaired) electrons. The molecule has 0 aliphatic carbocycles. The summed E-state index contributed by atoms with van der Waals surface area (Å²) in [6.45, 7) is 10.7. The van der Waals surface area contributed by atoms with Crippen molar-refractivity contribution < 1.29 is 9.53 Å². The lowest BCUT2D eigenvalue weighted by Gasteiger charge is -1.98. The fraction of sp³-hybridized carbons (Fsp3) is 0. The van der Waals surface area contributed by atoms with Crippen molar-refractivity contribution in [3.8, 4) is 5.75 Å². The molecular weight excluding hydrogens is 260 g/mol. The number of carbonyl (C=O) groups is 1. The van der Waals surface area contributed by atoms with Gasteiger partial charge in [0.2, 0.25) is 0 Å². The van der Waals surface area contributed by atoms with Crippen LogP contribution in [-0.2, 0) is 4.79 Å². The molecular formula is C19H18O2. The molecule has 2 aromatic rings. The summed E-state index contributed by atoms with van der Waals surface area (Å²) in [7, 11) is 0. The van der Waals surface area contributed by atoms with Gasteiger partial charge in [0.1, 0.15) is 5.75 Å². The zero-order valence-electron chi connectivity index (χ0n) is 11.9. The van der Waals surface area contributed by atoms with E-state index >= 15 is 0 Å². The summed E-state index contributed by atoms with van der Waals surface area (Å²) in [5, 5.41) is 0. The Labute approximate surface area is 125 Å². The zero-order valence-corrected chi connectivity index (χ0v) is 11.9. The maximum Gasteiger partial charge on any atom is 0.335 e. The second kappa shape index (κ2) is 9.10. The van der Waals surface area contributed by atoms with Crippen molar-refractivity contribution in [3.63, 3.8) is 0 Å². The molecule has 2 aromatic carbocycles. The van der Waals surface area contributed by atoms with Gasteiger partial charge >= 0.3 is 5.97 Å². The number of para-hydroxylation sites is 1. The van der Waals surface area contributed by atoms with E-state index in [1.54, 1.807) is 24.3 Å². The Morgan fingerprint density at radius 1 is 0.810 bits per heavy atom. The van der Waals surface area contributed by atoms with Gasteiger partial charge in [0, 0.05) is 6.08 Å². The molecule has 0 saturated heterocycles. The summed E-state index contributed by atoms with van der Waals surface area (Å²) in [6.07, 6.45) is 4.79. The highest BCUT2D eigenvalue weighted by molar-refractivity contribution is 5.83. The predicted octanol–water partition coefficient (Wildman–Crippen LogP) is 4.75. The molecule has 0 aromatic heterocycles. The van der Waals surface area contributed by atoms with Gasteiger partial charge in [-0.25, -0.2) is 4.79 Å². The SMILES string of the molecule is C=CC(=O)Oc1ccccc1.C=Cc1ccccc1C=C. The van der Waals surface area contributed by atoms with E-state index in [1.807, 2.05) is 42.5 Å². The third kappa shape index (κ3) is 5.74. The molecule has 0 fully saturated rings. The van der Waals surface area contributed by atoms with E-state index in [4.69, 9.17) is 4.74 Å². The number of hydrogen-bond acceptors (Lipinski definition) is 2. The van der Waals surface area contributed by atoms with Gasteiger partial charge in [-0.3, -0.25) is 0 Å². The van der Waals surface area contributed by atoms with E-state index < -0.39 is 5.97 Å². The highest BCUT2D eigenvalue weighted by atomic mass is 16.5. The lowest BCUT2D eigenvalue weighted by molar-refractivity contribution is -0.128. The fourth-order valence-electron chi connectivity index (χ4n) is 1.53. The second-order valence-electron chi connectivity index (χ2n) is 3.98. The average molecular weight is 278 g/mol. The topological polar surface area (TPSA) is 26.3 Å². The van der Waals surface area contributed by atoms with Crippen LogP contribution in [0, 0.1) is 0 Å². The molecule has 2 rings (SSSR count). The summed E-state index contributed by atoms with van der Waals surface area (Å²) in [5.41, 5.74) is 2.27. The minimum atomic E-state index is -0.434. The lowest BCUT2D eigenvalue weighted by Crippen LogP contribution is -2.02. The van der Waals surface area contributed by atoms with Gasteiger partial charge in [0.05, 0.1) is 0 Å². The number of ether oxygens (including phenoxy) is 1. The molecule has 106 valence electrons. The minimum absolute atomic E-state index is 0.434. The molecule has 0 saturated carbocycles. The van der Waals surface area contributed by atoms with Crippen LogP contribution in [0.25, 0.3) is 12.2 Å². The van der Waals surface area contributed by atoms with Gasteiger partial charge in [0.25, 0.3) is 0 Å². The molecule has 0 N–H and O–H groups in total. The monoisotopic (exact) mass is 278 g/mol. The van der Waals surface area contributed by atoms with E-state index in [0.717, 1.165) is 17.2 Å². The Bertz CT molecular complexity index is 585. The summed E-state index contributed by atoms with van der Waals surface area (Å²) < 4.78 is 4.81. The Kier molecular flexibility index (Phi) is 7.01. The molecule has 0 aliphatic rings. The molecule has 0 heterocycles. The summed E-state index contributed by atoms with van der Waals surface area (Å²) in [6, 6.07) is 16.9. The van der Waals surface area contributed by atoms with Crippen molar-refractivity contribution in [1.29, 1.82) is 0 Å². The largest absolute Gasteiger partial charge is 0.423 e. The first-order chi connectivity index (χ1) is 10.2. The molecule has 0 bridgehead atoms. The van der Waals surface area contributed by atoms with Crippen LogP contribution in [0.2, 0.25) is 0 Å². The van der Waals surface area contributed by atoms with Gasteiger partial charge < -0.3 is 4.74 Å². The normalized spacial score (nSPS) is 8.76. The number of carbonyl (C=O) groups excluding carboxylic acids is 1. The second-order valence-corrected chi connectivity index (χ2v) is 3.98. The first-order valence-electron chi connectivity index (χ1n) is 6.44. The summed E-state index contributed by atoms with van der Waals surface area (Å²) in [5.74, 6) is 0.105. The molecule has 21 heavy (non-hydrogen) atoms. The molecule has 2 heteroatoms. The summed E-state index contributed by atoms with van der Waals surface area (Å²) in [4.78, 5) is 10.6. The number of esters is 1. The molecule has 2 nitrogen and oxygen atoms in total. The number of rotatable bonds is 4. The van der Waals surface area contributed by atoms with Crippen LogP contribution < -0.4 is 4.74 Å². The molecule has 0 aliphatic heterocycles. The van der Waals surface area contributed by atoms with Gasteiger partial charge in [-0.15, -0.1) is 0 Å². The molecule has 0 atom stereocenters. The van der Waals surface area contributed by atoms with Gasteiger partial charge in [-0.1, -0.05) is 74.4 Å². The van der Waals surface area contributed by atoms with Crippen molar-refractivity contribution in [1.82, 2.24) is 0 Å². The average Bonchev–Trinajstić information content (AvgIpc) is 2.56. The Morgan fingerprint density at radius 2 is 1.29 bits per heavy atom. The third-order valence-electron chi connectivity index (χ3n) is 2.56. The van der Waals surface area contributed by atoms with E-state index in [-0.39, 0.29) is 0 Å². The molecule has 0 amide bonds. The highest BCUT2D eigenvalue weighted by Gasteiger charge is 1.95. The van der Waals surface area contributed by atoms with Crippen LogP contribution in [-0.4, -0.2) is 5.97 Å². The number of benzene rings is 2. The first-order valence-corrected chi connectivity index (χ1v) is 6.44. The fourth-order valence-corrected chi connectivity index (χ4v) is 1.53. The minimum Gasteiger partial charge on any atom is -0.423 e. The molecule has 0 unspecified atom stereocenters. The number of hydrogen-bond donors (Lipinski definition) is 0. The quantitative estimate of drug-likeness (QED) is 0.458. The molecule has 0 spiro atoms. The van der Waals surface area contributed by atoms with Gasteiger partial charge in [0.15, 0.2) is 0 Å². The van der Waals surface area contributed by atoms with Crippen LogP contribution in [0.3, 0.4) is 0 Å². The van der Waals surface area contributed by atoms with Crippen molar-refractivity contribution in [3.05, 3.63) is 91.5 Å². The van der Waals surface area contributed by atoms with Crippen LogP contribution in [0.5, 0.6) is 5.75 Å². The van der Waals surface area contributed by atoms with Crippen LogP contribution >= 0.6 is 0 Å². The standard InChI is InChI=1S/C10H10.C9H8O2/c1-3-9-7-5-6-8-10(9)4-2;1-2-9(10)11-8-6-4-3-5-7-8/h3-8H,1-2H2;2-7H,1H2. The van der Waals surface area contributed by atoms with E-state index in [2.05, 4.69) is 19.7 Å². The van der Waals surface area contributed by atoms with Crippen molar-refractivity contribution in [2.45, 2.75) is 0 Å². The Balaban J connectivity index is 0.000000211. The van der Waals surface area contributed by atoms with Gasteiger partial charge in [-0.05, 0) is 23.3 Å². The predicted molar refractivity (Wildman–Crippen MR) is 88.9 cm³/mol. The van der Waals surface area contributed by atoms with E-state index in [1.165, 1.54) is 0 Å². The Morgan fingerprint density at radius 3 is 1.71 bits per heavy atom. The first kappa shape index (κ1) is 16.2. The highest BCUT2D eigenvalue weighted by Crippen LogP contribution is 2.10. The van der Waals surface area contributed by atoms with Crippen molar-refractivity contribution in [2.24, 2.45) is 0 Å². The summed E-state index contributed by atoms with van der Waals surface area (Å²) >= 11 is 0. The smallest absolute Gasteiger partial charge is 0.335 e.